The summed E-state index contributed by atoms with van der Waals surface area (Å²) in [6.45, 7) is 2.23. The fourth-order valence-electron chi connectivity index (χ4n) is 2.11. The molecule has 0 N–H and O–H groups in total. The van der Waals surface area contributed by atoms with E-state index in [1.807, 2.05) is 0 Å². The van der Waals surface area contributed by atoms with Gasteiger partial charge in [0.2, 0.25) is 0 Å². The number of carbonyl (C=O) groups excluding carboxylic acids is 3. The third-order valence-electron chi connectivity index (χ3n) is 3.24. The van der Waals surface area contributed by atoms with Crippen molar-refractivity contribution in [3.05, 3.63) is 12.7 Å². The van der Waals surface area contributed by atoms with Gasteiger partial charge in [-0.2, -0.15) is 8.78 Å². The van der Waals surface area contributed by atoms with Gasteiger partial charge in [-0.15, -0.1) is 0 Å². The SMILES string of the molecule is C=CC(=O)OCCOC(=O)C(F)(F)CC(=O)OC1CCCCC1. The molecule has 1 fully saturated rings. The minimum Gasteiger partial charge on any atom is -0.462 e. The lowest BCUT2D eigenvalue weighted by Crippen LogP contribution is -2.35. The van der Waals surface area contributed by atoms with Crippen molar-refractivity contribution in [3.8, 4) is 0 Å². The highest BCUT2D eigenvalue weighted by atomic mass is 19.3. The van der Waals surface area contributed by atoms with Crippen LogP contribution in [0.2, 0.25) is 0 Å². The van der Waals surface area contributed by atoms with E-state index >= 15 is 0 Å². The Balaban J connectivity index is 2.31. The summed E-state index contributed by atoms with van der Waals surface area (Å²) < 4.78 is 40.8. The first-order chi connectivity index (χ1) is 10.8. The molecule has 0 radical (unpaired) electrons. The Kier molecular flexibility index (Phi) is 7.64. The summed E-state index contributed by atoms with van der Waals surface area (Å²) in [6, 6.07) is 0. The highest BCUT2D eigenvalue weighted by Crippen LogP contribution is 2.24. The van der Waals surface area contributed by atoms with E-state index in [1.165, 1.54) is 0 Å². The van der Waals surface area contributed by atoms with E-state index in [1.54, 1.807) is 0 Å². The first-order valence-electron chi connectivity index (χ1n) is 7.39. The Labute approximate surface area is 132 Å². The Bertz CT molecular complexity index is 443. The second-order valence-corrected chi connectivity index (χ2v) is 5.14. The number of carbonyl (C=O) groups is 3. The van der Waals surface area contributed by atoms with Crippen molar-refractivity contribution in [3.63, 3.8) is 0 Å². The van der Waals surface area contributed by atoms with Crippen LogP contribution in [0.1, 0.15) is 38.5 Å². The fraction of sp³-hybridized carbons (Fsp3) is 0.667. The van der Waals surface area contributed by atoms with Crippen LogP contribution >= 0.6 is 0 Å². The molecule has 0 aromatic carbocycles. The monoisotopic (exact) mass is 334 g/mol. The number of esters is 3. The van der Waals surface area contributed by atoms with Gasteiger partial charge in [0.05, 0.1) is 0 Å². The van der Waals surface area contributed by atoms with Crippen LogP contribution in [-0.4, -0.2) is 43.1 Å². The molecule has 0 saturated heterocycles. The van der Waals surface area contributed by atoms with Crippen molar-refractivity contribution in [2.24, 2.45) is 0 Å². The van der Waals surface area contributed by atoms with Crippen LogP contribution in [0, 0.1) is 0 Å². The maximum absolute atomic E-state index is 13.6. The third-order valence-corrected chi connectivity index (χ3v) is 3.24. The van der Waals surface area contributed by atoms with E-state index in [2.05, 4.69) is 16.1 Å². The van der Waals surface area contributed by atoms with Gasteiger partial charge in [-0.3, -0.25) is 4.79 Å². The first kappa shape index (κ1) is 19.1. The quantitative estimate of drug-likeness (QED) is 0.293. The molecule has 0 aromatic heterocycles. The Morgan fingerprint density at radius 2 is 1.70 bits per heavy atom. The number of ether oxygens (including phenoxy) is 3. The number of rotatable bonds is 8. The first-order valence-corrected chi connectivity index (χ1v) is 7.39. The summed E-state index contributed by atoms with van der Waals surface area (Å²) in [7, 11) is 0. The summed E-state index contributed by atoms with van der Waals surface area (Å²) in [5.74, 6) is -7.72. The predicted octanol–water partition coefficient (Wildman–Crippen LogP) is 2.16. The highest BCUT2D eigenvalue weighted by molar-refractivity contribution is 5.84. The molecular formula is C15H20F2O6. The standard InChI is InChI=1S/C15H20F2O6/c1-2-12(18)21-8-9-22-14(20)15(16,17)10-13(19)23-11-6-4-3-5-7-11/h2,11H,1,3-10H2. The molecule has 6 nitrogen and oxygen atoms in total. The minimum absolute atomic E-state index is 0.360. The number of alkyl halides is 2. The normalized spacial score (nSPS) is 15.6. The molecule has 8 heteroatoms. The van der Waals surface area contributed by atoms with Gasteiger partial charge in [-0.25, -0.2) is 9.59 Å². The van der Waals surface area contributed by atoms with Gasteiger partial charge in [0.1, 0.15) is 25.7 Å². The van der Waals surface area contributed by atoms with Crippen LogP contribution in [0.3, 0.4) is 0 Å². The number of hydrogen-bond donors (Lipinski definition) is 0. The molecule has 23 heavy (non-hydrogen) atoms. The smallest absolute Gasteiger partial charge is 0.377 e. The van der Waals surface area contributed by atoms with E-state index in [9.17, 15) is 23.2 Å². The topological polar surface area (TPSA) is 78.9 Å². The number of hydrogen-bond acceptors (Lipinski definition) is 6. The number of halogens is 2. The largest absolute Gasteiger partial charge is 0.462 e. The fourth-order valence-corrected chi connectivity index (χ4v) is 2.11. The predicted molar refractivity (Wildman–Crippen MR) is 74.6 cm³/mol. The Morgan fingerprint density at radius 3 is 2.30 bits per heavy atom. The maximum Gasteiger partial charge on any atom is 0.377 e. The molecule has 0 unspecified atom stereocenters. The second kappa shape index (κ2) is 9.22. The summed E-state index contributed by atoms with van der Waals surface area (Å²) in [4.78, 5) is 33.5. The molecule has 0 amide bonds. The molecule has 1 saturated carbocycles. The second-order valence-electron chi connectivity index (χ2n) is 5.14. The lowest BCUT2D eigenvalue weighted by Gasteiger charge is -2.22. The highest BCUT2D eigenvalue weighted by Gasteiger charge is 2.44. The van der Waals surface area contributed by atoms with Gasteiger partial charge in [0.25, 0.3) is 0 Å². The summed E-state index contributed by atoms with van der Waals surface area (Å²) in [5, 5.41) is 0. The molecule has 0 heterocycles. The average Bonchev–Trinajstić information content (AvgIpc) is 2.51. The van der Waals surface area contributed by atoms with Crippen molar-refractivity contribution in [1.29, 1.82) is 0 Å². The van der Waals surface area contributed by atoms with E-state index in [0.29, 0.717) is 12.8 Å². The van der Waals surface area contributed by atoms with Crippen LogP contribution in [0.25, 0.3) is 0 Å². The zero-order chi connectivity index (χ0) is 17.3. The van der Waals surface area contributed by atoms with Crippen molar-refractivity contribution < 1.29 is 37.4 Å². The van der Waals surface area contributed by atoms with Gasteiger partial charge in [0, 0.05) is 6.08 Å². The summed E-state index contributed by atoms with van der Waals surface area (Å²) in [6.07, 6.45) is 3.27. The zero-order valence-electron chi connectivity index (χ0n) is 12.7. The molecule has 0 aromatic rings. The summed E-state index contributed by atoms with van der Waals surface area (Å²) in [5.41, 5.74) is 0. The van der Waals surface area contributed by atoms with E-state index in [-0.39, 0.29) is 12.7 Å². The van der Waals surface area contributed by atoms with Crippen LogP contribution in [0.15, 0.2) is 12.7 Å². The van der Waals surface area contributed by atoms with Gasteiger partial charge in [-0.05, 0) is 25.7 Å². The molecule has 130 valence electrons. The zero-order valence-corrected chi connectivity index (χ0v) is 12.7. The van der Waals surface area contributed by atoms with Crippen LogP contribution < -0.4 is 0 Å². The van der Waals surface area contributed by atoms with Crippen LogP contribution in [0.5, 0.6) is 0 Å². The van der Waals surface area contributed by atoms with Crippen LogP contribution in [0.4, 0.5) is 8.78 Å². The van der Waals surface area contributed by atoms with Crippen molar-refractivity contribution in [1.82, 2.24) is 0 Å². The van der Waals surface area contributed by atoms with Gasteiger partial charge in [0.15, 0.2) is 0 Å². The van der Waals surface area contributed by atoms with E-state index in [4.69, 9.17) is 4.74 Å². The molecule has 1 aliphatic rings. The average molecular weight is 334 g/mol. The molecule has 1 aliphatic carbocycles. The molecule has 1 rings (SSSR count). The van der Waals surface area contributed by atoms with Crippen molar-refractivity contribution in [2.45, 2.75) is 50.6 Å². The maximum atomic E-state index is 13.6. The van der Waals surface area contributed by atoms with E-state index in [0.717, 1.165) is 25.3 Å². The van der Waals surface area contributed by atoms with E-state index < -0.39 is 36.9 Å². The summed E-state index contributed by atoms with van der Waals surface area (Å²) >= 11 is 0. The molecule has 0 bridgehead atoms. The third kappa shape index (κ3) is 7.21. The van der Waals surface area contributed by atoms with Gasteiger partial charge < -0.3 is 14.2 Å². The Hall–Kier alpha value is -1.99. The van der Waals surface area contributed by atoms with Gasteiger partial charge in [-0.1, -0.05) is 13.0 Å². The lowest BCUT2D eigenvalue weighted by molar-refractivity contribution is -0.182. The Morgan fingerprint density at radius 1 is 1.09 bits per heavy atom. The minimum atomic E-state index is -3.98. The van der Waals surface area contributed by atoms with Crippen molar-refractivity contribution >= 4 is 17.9 Å². The molecule has 0 aliphatic heterocycles. The molecular weight excluding hydrogens is 314 g/mol. The molecule has 0 atom stereocenters. The van der Waals surface area contributed by atoms with Crippen LogP contribution in [-0.2, 0) is 28.6 Å². The molecule has 0 spiro atoms. The van der Waals surface area contributed by atoms with Gasteiger partial charge >= 0.3 is 23.8 Å². The van der Waals surface area contributed by atoms with Crippen molar-refractivity contribution in [2.75, 3.05) is 13.2 Å². The lowest BCUT2D eigenvalue weighted by atomic mass is 9.98.